The number of aldehydes is 1. The van der Waals surface area contributed by atoms with Gasteiger partial charge in [0.25, 0.3) is 0 Å². The SMILES string of the molecule is CCO[C@]12CC[C@@H]3[C@](CC[C@@]4(NOCOC)[C@@]3(C)CCC[C@@]4(C)C=O)(CC1CO)C2. The van der Waals surface area contributed by atoms with E-state index in [1.54, 1.807) is 7.11 Å². The Balaban J connectivity index is 1.74. The molecule has 0 aromatic carbocycles. The average molecular weight is 424 g/mol. The number of methoxy groups -OCH3 is 1. The monoisotopic (exact) mass is 423 g/mol. The first-order chi connectivity index (χ1) is 14.3. The van der Waals surface area contributed by atoms with Gasteiger partial charge in [0.15, 0.2) is 6.79 Å². The minimum atomic E-state index is -0.473. The van der Waals surface area contributed by atoms with Crippen LogP contribution in [0.2, 0.25) is 0 Å². The summed E-state index contributed by atoms with van der Waals surface area (Å²) in [7, 11) is 1.62. The van der Waals surface area contributed by atoms with Crippen molar-refractivity contribution in [2.75, 3.05) is 27.1 Å². The summed E-state index contributed by atoms with van der Waals surface area (Å²) in [4.78, 5) is 18.3. The summed E-state index contributed by atoms with van der Waals surface area (Å²) >= 11 is 0. The lowest BCUT2D eigenvalue weighted by molar-refractivity contribution is -0.241. The summed E-state index contributed by atoms with van der Waals surface area (Å²) in [6.45, 7) is 7.68. The molecule has 2 bridgehead atoms. The number of hydrogen-bond donors (Lipinski definition) is 2. The topological polar surface area (TPSA) is 77.0 Å². The fourth-order valence-electron chi connectivity index (χ4n) is 8.90. The van der Waals surface area contributed by atoms with Gasteiger partial charge in [0, 0.05) is 31.7 Å². The lowest BCUT2D eigenvalue weighted by Crippen LogP contribution is -2.74. The molecule has 7 atom stereocenters. The van der Waals surface area contributed by atoms with Gasteiger partial charge < -0.3 is 19.4 Å². The van der Waals surface area contributed by atoms with Gasteiger partial charge in [0.05, 0.1) is 11.1 Å². The summed E-state index contributed by atoms with van der Waals surface area (Å²) in [5, 5.41) is 10.2. The molecule has 4 rings (SSSR count). The minimum Gasteiger partial charge on any atom is -0.396 e. The van der Waals surface area contributed by atoms with Crippen molar-refractivity contribution in [3.63, 3.8) is 0 Å². The zero-order valence-corrected chi connectivity index (χ0v) is 19.3. The number of nitrogens with one attached hydrogen (secondary N) is 1. The fraction of sp³-hybridized carbons (Fsp3) is 0.958. The number of aliphatic hydroxyl groups is 1. The van der Waals surface area contributed by atoms with E-state index in [-0.39, 0.29) is 35.7 Å². The number of carbonyl (C=O) groups excluding carboxylic acids is 1. The average Bonchev–Trinajstić information content (AvgIpc) is 2.96. The molecule has 2 N–H and O–H groups in total. The quantitative estimate of drug-likeness (QED) is 0.269. The van der Waals surface area contributed by atoms with Gasteiger partial charge in [-0.25, -0.2) is 0 Å². The van der Waals surface area contributed by atoms with Crippen LogP contribution in [0.3, 0.4) is 0 Å². The summed E-state index contributed by atoms with van der Waals surface area (Å²) in [5.74, 6) is 0.708. The van der Waals surface area contributed by atoms with Crippen LogP contribution < -0.4 is 5.48 Å². The largest absolute Gasteiger partial charge is 0.396 e. The standard InChI is InChI=1S/C24H41NO5/c1-5-29-23-10-7-19-21(3)9-6-8-20(2,16-27)24(21,25-30-17-28-4)12-11-22(19,15-23)13-18(23)14-26/h16,18-19,25-26H,5-15,17H2,1-4H3/t18?,19-,20-,21-,22+,23-,24-/m0/s1. The Hall–Kier alpha value is -0.530. The zero-order valence-electron chi connectivity index (χ0n) is 19.3. The normalized spacial score (nSPS) is 50.0. The molecule has 0 aromatic rings. The summed E-state index contributed by atoms with van der Waals surface area (Å²) < 4.78 is 11.5. The van der Waals surface area contributed by atoms with Crippen molar-refractivity contribution >= 4 is 6.29 Å². The lowest BCUT2D eigenvalue weighted by atomic mass is 9.38. The molecule has 1 unspecified atom stereocenters. The lowest BCUT2D eigenvalue weighted by Gasteiger charge is -2.69. The van der Waals surface area contributed by atoms with Crippen molar-refractivity contribution in [3.8, 4) is 0 Å². The number of hydrogen-bond acceptors (Lipinski definition) is 6. The van der Waals surface area contributed by atoms with Gasteiger partial charge >= 0.3 is 0 Å². The van der Waals surface area contributed by atoms with Gasteiger partial charge in [0.2, 0.25) is 0 Å². The van der Waals surface area contributed by atoms with E-state index in [1.165, 1.54) is 6.29 Å². The number of hydroxylamine groups is 1. The van der Waals surface area contributed by atoms with E-state index in [1.807, 2.05) is 0 Å². The Morgan fingerprint density at radius 1 is 1.17 bits per heavy atom. The molecule has 0 aliphatic heterocycles. The maximum Gasteiger partial charge on any atom is 0.166 e. The highest BCUT2D eigenvalue weighted by atomic mass is 16.8. The smallest absolute Gasteiger partial charge is 0.166 e. The first-order valence-corrected chi connectivity index (χ1v) is 11.9. The zero-order chi connectivity index (χ0) is 21.7. The Morgan fingerprint density at radius 3 is 2.63 bits per heavy atom. The Labute approximate surface area is 181 Å². The van der Waals surface area contributed by atoms with Crippen LogP contribution in [0.25, 0.3) is 0 Å². The maximum atomic E-state index is 12.5. The molecule has 0 heterocycles. The van der Waals surface area contributed by atoms with Gasteiger partial charge in [-0.15, -0.1) is 0 Å². The molecule has 0 saturated heterocycles. The van der Waals surface area contributed by atoms with Gasteiger partial charge in [0.1, 0.15) is 6.29 Å². The number of fused-ring (bicyclic) bond motifs is 3. The Kier molecular flexibility index (Phi) is 5.89. The Bertz CT molecular complexity index is 660. The van der Waals surface area contributed by atoms with Crippen molar-refractivity contribution in [1.29, 1.82) is 0 Å². The summed E-state index contributed by atoms with van der Waals surface area (Å²) in [6.07, 6.45) is 10.4. The van der Waals surface area contributed by atoms with Crippen LogP contribution in [0.4, 0.5) is 0 Å². The molecular weight excluding hydrogens is 382 g/mol. The van der Waals surface area contributed by atoms with Crippen molar-refractivity contribution in [3.05, 3.63) is 0 Å². The van der Waals surface area contributed by atoms with Gasteiger partial charge in [-0.2, -0.15) is 5.48 Å². The second kappa shape index (κ2) is 7.80. The Morgan fingerprint density at radius 2 is 1.97 bits per heavy atom. The third-order valence-electron chi connectivity index (χ3n) is 10.1. The molecule has 30 heavy (non-hydrogen) atoms. The molecule has 6 nitrogen and oxygen atoms in total. The first-order valence-electron chi connectivity index (χ1n) is 11.9. The molecule has 1 spiro atoms. The van der Waals surface area contributed by atoms with E-state index in [0.29, 0.717) is 12.5 Å². The van der Waals surface area contributed by atoms with Crippen LogP contribution >= 0.6 is 0 Å². The number of carbonyl (C=O) groups is 1. The number of ether oxygens (including phenoxy) is 2. The van der Waals surface area contributed by atoms with Crippen molar-refractivity contribution in [2.45, 2.75) is 89.7 Å². The number of aliphatic hydroxyl groups excluding tert-OH is 1. The molecule has 0 amide bonds. The molecule has 172 valence electrons. The molecule has 4 aliphatic carbocycles. The predicted octanol–water partition coefficient (Wildman–Crippen LogP) is 3.61. The van der Waals surface area contributed by atoms with Crippen LogP contribution in [0.15, 0.2) is 0 Å². The summed E-state index contributed by atoms with van der Waals surface area (Å²) in [6, 6.07) is 0. The molecule has 0 radical (unpaired) electrons. The maximum absolute atomic E-state index is 12.5. The second-order valence-electron chi connectivity index (χ2n) is 11.1. The van der Waals surface area contributed by atoms with Gasteiger partial charge in [-0.3, -0.25) is 4.84 Å². The van der Waals surface area contributed by atoms with Crippen LogP contribution in [0.1, 0.15) is 78.6 Å². The van der Waals surface area contributed by atoms with Crippen molar-refractivity contribution < 1.29 is 24.2 Å². The van der Waals surface area contributed by atoms with E-state index in [9.17, 15) is 9.90 Å². The van der Waals surface area contributed by atoms with Crippen LogP contribution in [-0.2, 0) is 19.1 Å². The van der Waals surface area contributed by atoms with E-state index < -0.39 is 11.0 Å². The first kappa shape index (κ1) is 22.7. The molecule has 4 saturated carbocycles. The van der Waals surface area contributed by atoms with Crippen LogP contribution in [0.5, 0.6) is 0 Å². The molecule has 4 aliphatic rings. The second-order valence-corrected chi connectivity index (χ2v) is 11.1. The van der Waals surface area contributed by atoms with E-state index in [4.69, 9.17) is 14.3 Å². The van der Waals surface area contributed by atoms with E-state index in [0.717, 1.165) is 57.8 Å². The molecule has 0 aromatic heterocycles. The van der Waals surface area contributed by atoms with Crippen molar-refractivity contribution in [1.82, 2.24) is 5.48 Å². The fourth-order valence-corrected chi connectivity index (χ4v) is 8.90. The third-order valence-corrected chi connectivity index (χ3v) is 10.1. The van der Waals surface area contributed by atoms with Crippen molar-refractivity contribution in [2.24, 2.45) is 28.1 Å². The highest BCUT2D eigenvalue weighted by Gasteiger charge is 2.73. The van der Waals surface area contributed by atoms with Gasteiger partial charge in [-0.1, -0.05) is 20.3 Å². The highest BCUT2D eigenvalue weighted by molar-refractivity contribution is 5.63. The molecular formula is C24H41NO5. The van der Waals surface area contributed by atoms with Gasteiger partial charge in [-0.05, 0) is 75.0 Å². The molecule has 6 heteroatoms. The number of rotatable bonds is 8. The van der Waals surface area contributed by atoms with Crippen LogP contribution in [-0.4, -0.2) is 49.6 Å². The van der Waals surface area contributed by atoms with E-state index in [2.05, 4.69) is 26.3 Å². The van der Waals surface area contributed by atoms with Crippen LogP contribution in [0, 0.1) is 28.1 Å². The predicted molar refractivity (Wildman–Crippen MR) is 114 cm³/mol. The van der Waals surface area contributed by atoms with E-state index >= 15 is 0 Å². The third kappa shape index (κ3) is 2.83. The molecule has 4 fully saturated rings. The summed E-state index contributed by atoms with van der Waals surface area (Å²) in [5.41, 5.74) is 2.51. The minimum absolute atomic E-state index is 0.0599. The highest BCUT2D eigenvalue weighted by Crippen LogP contribution is 2.74.